The zero-order valence-electron chi connectivity index (χ0n) is 15.2. The zero-order valence-corrected chi connectivity index (χ0v) is 16.8. The van der Waals surface area contributed by atoms with E-state index in [2.05, 4.69) is 29.1 Å². The number of allylic oxidation sites excluding steroid dienone is 2. The standard InChI is InChI=1S/C22H19BrO4/c1-12(2)21(24)26-19-14-8-5-6-9-15(14)20(27-22(25)13(3)4)18-16(19)10-7-11-17(18)23/h5-9,11,17H,1,3,10H2,2,4H3. The molecule has 0 saturated carbocycles. The number of hydrogen-bond donors (Lipinski definition) is 0. The van der Waals surface area contributed by atoms with Crippen molar-refractivity contribution in [1.82, 2.24) is 0 Å². The van der Waals surface area contributed by atoms with E-state index >= 15 is 0 Å². The van der Waals surface area contributed by atoms with Crippen molar-refractivity contribution >= 4 is 38.6 Å². The number of carbonyl (C=O) groups is 2. The second-order valence-corrected chi connectivity index (χ2v) is 7.46. The predicted octanol–water partition coefficient (Wildman–Crippen LogP) is 5.35. The van der Waals surface area contributed by atoms with Gasteiger partial charge in [-0.25, -0.2) is 9.59 Å². The number of carbonyl (C=O) groups excluding carboxylic acids is 2. The number of esters is 2. The summed E-state index contributed by atoms with van der Waals surface area (Å²) in [6, 6.07) is 7.38. The number of hydrogen-bond acceptors (Lipinski definition) is 4. The Hall–Kier alpha value is -2.66. The van der Waals surface area contributed by atoms with Crippen LogP contribution in [0, 0.1) is 0 Å². The number of fused-ring (bicyclic) bond motifs is 2. The first-order valence-corrected chi connectivity index (χ1v) is 9.36. The molecule has 0 aromatic heterocycles. The highest BCUT2D eigenvalue weighted by Crippen LogP contribution is 2.48. The van der Waals surface area contributed by atoms with Gasteiger partial charge in [-0.2, -0.15) is 0 Å². The average molecular weight is 427 g/mol. The molecular formula is C22H19BrO4. The molecule has 0 aliphatic heterocycles. The Morgan fingerprint density at radius 3 is 2.07 bits per heavy atom. The number of alkyl halides is 1. The summed E-state index contributed by atoms with van der Waals surface area (Å²) in [5, 5.41) is 1.39. The maximum atomic E-state index is 12.2. The molecule has 1 atom stereocenters. The van der Waals surface area contributed by atoms with E-state index in [-0.39, 0.29) is 4.83 Å². The van der Waals surface area contributed by atoms with Crippen molar-refractivity contribution in [2.75, 3.05) is 0 Å². The van der Waals surface area contributed by atoms with Crippen molar-refractivity contribution in [3.8, 4) is 11.5 Å². The lowest BCUT2D eigenvalue weighted by molar-refractivity contribution is -0.131. The van der Waals surface area contributed by atoms with Gasteiger partial charge < -0.3 is 9.47 Å². The van der Waals surface area contributed by atoms with E-state index in [9.17, 15) is 9.59 Å². The van der Waals surface area contributed by atoms with E-state index in [1.807, 2.05) is 36.4 Å². The molecule has 3 rings (SSSR count). The van der Waals surface area contributed by atoms with E-state index in [1.165, 1.54) is 0 Å². The fourth-order valence-corrected chi connectivity index (χ4v) is 3.63. The Labute approximate surface area is 166 Å². The first kappa shape index (κ1) is 19.1. The van der Waals surface area contributed by atoms with Crippen LogP contribution in [-0.2, 0) is 16.0 Å². The van der Waals surface area contributed by atoms with Gasteiger partial charge in [-0.15, -0.1) is 0 Å². The maximum absolute atomic E-state index is 12.2. The summed E-state index contributed by atoms with van der Waals surface area (Å²) in [7, 11) is 0. The van der Waals surface area contributed by atoms with Crippen molar-refractivity contribution in [3.63, 3.8) is 0 Å². The van der Waals surface area contributed by atoms with Gasteiger partial charge in [-0.05, 0) is 20.3 Å². The summed E-state index contributed by atoms with van der Waals surface area (Å²) in [6.45, 7) is 10.5. The summed E-state index contributed by atoms with van der Waals surface area (Å²) in [4.78, 5) is 24.3. The second kappa shape index (κ2) is 7.53. The molecule has 1 aliphatic rings. The monoisotopic (exact) mass is 426 g/mol. The SMILES string of the molecule is C=C(C)C(=O)Oc1c2c(c(OC(=O)C(=C)C)c3ccccc13)C(Br)C=CC2. The minimum Gasteiger partial charge on any atom is -0.422 e. The van der Waals surface area contributed by atoms with Crippen LogP contribution >= 0.6 is 15.9 Å². The molecule has 0 radical (unpaired) electrons. The Balaban J connectivity index is 2.32. The normalized spacial score (nSPS) is 15.1. The number of rotatable bonds is 4. The van der Waals surface area contributed by atoms with Crippen LogP contribution in [0.3, 0.4) is 0 Å². The topological polar surface area (TPSA) is 52.6 Å². The molecule has 1 aliphatic carbocycles. The number of halogens is 1. The number of benzene rings is 2. The van der Waals surface area contributed by atoms with Gasteiger partial charge in [0.05, 0.1) is 4.83 Å². The summed E-state index contributed by atoms with van der Waals surface area (Å²) in [6.07, 6.45) is 4.51. The van der Waals surface area contributed by atoms with Crippen LogP contribution < -0.4 is 9.47 Å². The van der Waals surface area contributed by atoms with Crippen molar-refractivity contribution in [1.29, 1.82) is 0 Å². The zero-order chi connectivity index (χ0) is 19.7. The molecule has 27 heavy (non-hydrogen) atoms. The molecule has 0 saturated heterocycles. The fourth-order valence-electron chi connectivity index (χ4n) is 2.93. The minimum atomic E-state index is -0.497. The van der Waals surface area contributed by atoms with Gasteiger partial charge in [0.25, 0.3) is 0 Å². The van der Waals surface area contributed by atoms with Crippen LogP contribution in [0.2, 0.25) is 0 Å². The molecule has 138 valence electrons. The van der Waals surface area contributed by atoms with Gasteiger partial charge >= 0.3 is 11.9 Å². The van der Waals surface area contributed by atoms with Gasteiger partial charge in [0.2, 0.25) is 0 Å². The molecule has 0 heterocycles. The van der Waals surface area contributed by atoms with Gasteiger partial charge in [0, 0.05) is 33.0 Å². The highest BCUT2D eigenvalue weighted by atomic mass is 79.9. The molecule has 0 bridgehead atoms. The van der Waals surface area contributed by atoms with Crippen molar-refractivity contribution in [2.45, 2.75) is 25.1 Å². The Morgan fingerprint density at radius 1 is 1.00 bits per heavy atom. The molecule has 0 amide bonds. The quantitative estimate of drug-likeness (QED) is 0.217. The Bertz CT molecular complexity index is 1020. The molecular weight excluding hydrogens is 408 g/mol. The lowest BCUT2D eigenvalue weighted by atomic mass is 9.90. The van der Waals surface area contributed by atoms with Crippen LogP contribution in [0.25, 0.3) is 10.8 Å². The van der Waals surface area contributed by atoms with E-state index in [4.69, 9.17) is 9.47 Å². The predicted molar refractivity (Wildman–Crippen MR) is 109 cm³/mol. The molecule has 0 spiro atoms. The lowest BCUT2D eigenvalue weighted by Crippen LogP contribution is -2.16. The van der Waals surface area contributed by atoms with Gasteiger partial charge in [-0.1, -0.05) is 65.5 Å². The third-order valence-electron chi connectivity index (χ3n) is 4.25. The summed E-state index contributed by atoms with van der Waals surface area (Å²) in [5.74, 6) is -0.0644. The molecule has 1 unspecified atom stereocenters. The van der Waals surface area contributed by atoms with Crippen molar-refractivity contribution < 1.29 is 19.1 Å². The summed E-state index contributed by atoms with van der Waals surface area (Å²) in [5.41, 5.74) is 2.20. The third kappa shape index (κ3) is 3.60. The average Bonchev–Trinajstić information content (AvgIpc) is 2.63. The van der Waals surface area contributed by atoms with E-state index < -0.39 is 11.9 Å². The van der Waals surface area contributed by atoms with Crippen LogP contribution in [0.5, 0.6) is 11.5 Å². The highest BCUT2D eigenvalue weighted by molar-refractivity contribution is 9.09. The minimum absolute atomic E-state index is 0.180. The molecule has 2 aromatic rings. The highest BCUT2D eigenvalue weighted by Gasteiger charge is 2.28. The molecule has 4 nitrogen and oxygen atoms in total. The fraction of sp³-hybridized carbons (Fsp3) is 0.182. The van der Waals surface area contributed by atoms with Crippen LogP contribution in [-0.4, -0.2) is 11.9 Å². The number of ether oxygens (including phenoxy) is 2. The molecule has 0 N–H and O–H groups in total. The van der Waals surface area contributed by atoms with Crippen molar-refractivity contribution in [2.24, 2.45) is 0 Å². The molecule has 0 fully saturated rings. The van der Waals surface area contributed by atoms with E-state index in [1.54, 1.807) is 13.8 Å². The van der Waals surface area contributed by atoms with Crippen molar-refractivity contribution in [3.05, 3.63) is 71.8 Å². The van der Waals surface area contributed by atoms with E-state index in [0.717, 1.165) is 11.1 Å². The van der Waals surface area contributed by atoms with E-state index in [0.29, 0.717) is 39.8 Å². The first-order valence-electron chi connectivity index (χ1n) is 8.44. The van der Waals surface area contributed by atoms with Crippen LogP contribution in [0.4, 0.5) is 0 Å². The summed E-state index contributed by atoms with van der Waals surface area (Å²) < 4.78 is 11.4. The smallest absolute Gasteiger partial charge is 0.338 e. The van der Waals surface area contributed by atoms with Gasteiger partial charge in [-0.3, -0.25) is 0 Å². The first-order chi connectivity index (χ1) is 12.8. The van der Waals surface area contributed by atoms with Crippen LogP contribution in [0.1, 0.15) is 29.8 Å². The molecule has 5 heteroatoms. The van der Waals surface area contributed by atoms with Crippen LogP contribution in [0.15, 0.2) is 60.7 Å². The Kier molecular flexibility index (Phi) is 5.33. The van der Waals surface area contributed by atoms with Gasteiger partial charge in [0.15, 0.2) is 0 Å². The Morgan fingerprint density at radius 2 is 1.52 bits per heavy atom. The second-order valence-electron chi connectivity index (χ2n) is 6.47. The third-order valence-corrected chi connectivity index (χ3v) is 5.01. The summed E-state index contributed by atoms with van der Waals surface area (Å²) >= 11 is 3.62. The largest absolute Gasteiger partial charge is 0.422 e. The molecule has 2 aromatic carbocycles. The lowest BCUT2D eigenvalue weighted by Gasteiger charge is -2.25. The van der Waals surface area contributed by atoms with Gasteiger partial charge in [0.1, 0.15) is 11.5 Å². The maximum Gasteiger partial charge on any atom is 0.338 e.